The molecule has 0 saturated heterocycles. The van der Waals surface area contributed by atoms with Crippen molar-refractivity contribution in [2.24, 2.45) is 0 Å². The summed E-state index contributed by atoms with van der Waals surface area (Å²) < 4.78 is 27.5. The number of H-pyrrole nitrogens is 1. The summed E-state index contributed by atoms with van der Waals surface area (Å²) in [7, 11) is -3.54. The number of rotatable bonds is 5. The van der Waals surface area contributed by atoms with Gasteiger partial charge in [0, 0.05) is 17.4 Å². The van der Waals surface area contributed by atoms with Crippen LogP contribution in [0.2, 0.25) is 0 Å². The molecule has 0 unspecified atom stereocenters. The van der Waals surface area contributed by atoms with E-state index in [1.54, 1.807) is 0 Å². The fourth-order valence-electron chi connectivity index (χ4n) is 1.52. The molecule has 1 heterocycles. The van der Waals surface area contributed by atoms with Crippen molar-refractivity contribution in [3.05, 3.63) is 46.3 Å². The van der Waals surface area contributed by atoms with Crippen molar-refractivity contribution >= 4 is 26.0 Å². The SMILES string of the molecule is CCc1ncc(S(=O)(=O)NCc2ccc(Br)cc2)[nH]1. The summed E-state index contributed by atoms with van der Waals surface area (Å²) in [6.07, 6.45) is 2.00. The molecular weight excluding hydrogens is 330 g/mol. The minimum absolute atomic E-state index is 0.0986. The van der Waals surface area contributed by atoms with Crippen molar-refractivity contribution in [1.29, 1.82) is 0 Å². The Morgan fingerprint density at radius 2 is 2.00 bits per heavy atom. The van der Waals surface area contributed by atoms with Crippen LogP contribution < -0.4 is 4.72 Å². The highest BCUT2D eigenvalue weighted by Crippen LogP contribution is 2.11. The molecule has 0 fully saturated rings. The Hall–Kier alpha value is -1.18. The lowest BCUT2D eigenvalue weighted by molar-refractivity contribution is 0.578. The third kappa shape index (κ3) is 3.65. The normalized spacial score (nSPS) is 11.7. The van der Waals surface area contributed by atoms with Gasteiger partial charge in [0.05, 0.1) is 6.20 Å². The number of imidazole rings is 1. The molecule has 1 aromatic heterocycles. The van der Waals surface area contributed by atoms with Crippen LogP contribution in [0.15, 0.2) is 40.0 Å². The third-order valence-electron chi connectivity index (χ3n) is 2.61. The minimum atomic E-state index is -3.54. The van der Waals surface area contributed by atoms with Crippen LogP contribution in [-0.2, 0) is 23.0 Å². The van der Waals surface area contributed by atoms with Crippen molar-refractivity contribution in [3.63, 3.8) is 0 Å². The highest BCUT2D eigenvalue weighted by atomic mass is 79.9. The zero-order valence-corrected chi connectivity index (χ0v) is 12.8. The fourth-order valence-corrected chi connectivity index (χ4v) is 2.74. The molecule has 0 bridgehead atoms. The molecule has 19 heavy (non-hydrogen) atoms. The lowest BCUT2D eigenvalue weighted by Crippen LogP contribution is -2.23. The van der Waals surface area contributed by atoms with Crippen LogP contribution in [0.4, 0.5) is 0 Å². The molecule has 5 nitrogen and oxygen atoms in total. The number of halogens is 1. The molecule has 2 aromatic rings. The van der Waals surface area contributed by atoms with Crippen molar-refractivity contribution in [1.82, 2.24) is 14.7 Å². The van der Waals surface area contributed by atoms with E-state index in [4.69, 9.17) is 0 Å². The van der Waals surface area contributed by atoms with Crippen molar-refractivity contribution in [2.75, 3.05) is 0 Å². The standard InChI is InChI=1S/C12H14BrN3O2S/c1-2-11-14-8-12(16-11)19(17,18)15-7-9-3-5-10(13)6-4-9/h3-6,8,15H,2,7H2,1H3,(H,14,16). The summed E-state index contributed by atoms with van der Waals surface area (Å²) in [5, 5.41) is 0.0986. The predicted octanol–water partition coefficient (Wildman–Crippen LogP) is 2.21. The lowest BCUT2D eigenvalue weighted by atomic mass is 10.2. The molecule has 2 rings (SSSR count). The van der Waals surface area contributed by atoms with E-state index in [2.05, 4.69) is 30.6 Å². The second kappa shape index (κ2) is 5.85. The largest absolute Gasteiger partial charge is 0.332 e. The van der Waals surface area contributed by atoms with E-state index in [9.17, 15) is 8.42 Å². The molecule has 0 saturated carbocycles. The molecule has 0 aliphatic carbocycles. The first-order chi connectivity index (χ1) is 9.01. The van der Waals surface area contributed by atoms with Crippen LogP contribution in [0.1, 0.15) is 18.3 Å². The zero-order chi connectivity index (χ0) is 13.9. The van der Waals surface area contributed by atoms with Gasteiger partial charge in [-0.1, -0.05) is 35.0 Å². The second-order valence-corrected chi connectivity index (χ2v) is 6.65. The van der Waals surface area contributed by atoms with Crippen molar-refractivity contribution < 1.29 is 8.42 Å². The van der Waals surface area contributed by atoms with E-state index in [-0.39, 0.29) is 11.6 Å². The summed E-state index contributed by atoms with van der Waals surface area (Å²) in [5.41, 5.74) is 0.891. The van der Waals surface area contributed by atoms with Crippen molar-refractivity contribution in [2.45, 2.75) is 24.9 Å². The van der Waals surface area contributed by atoms with Crippen LogP contribution >= 0.6 is 15.9 Å². The number of aromatic amines is 1. The molecule has 0 aliphatic rings. The molecule has 102 valence electrons. The average molecular weight is 344 g/mol. The van der Waals surface area contributed by atoms with Gasteiger partial charge >= 0.3 is 0 Å². The summed E-state index contributed by atoms with van der Waals surface area (Å²) in [4.78, 5) is 6.77. The molecule has 7 heteroatoms. The number of nitrogens with zero attached hydrogens (tertiary/aromatic N) is 1. The molecule has 0 aliphatic heterocycles. The highest BCUT2D eigenvalue weighted by molar-refractivity contribution is 9.10. The van der Waals surface area contributed by atoms with Crippen molar-refractivity contribution in [3.8, 4) is 0 Å². The van der Waals surface area contributed by atoms with Gasteiger partial charge in [0.2, 0.25) is 0 Å². The number of benzene rings is 1. The fraction of sp³-hybridized carbons (Fsp3) is 0.250. The number of nitrogens with one attached hydrogen (secondary N) is 2. The van der Waals surface area contributed by atoms with Crippen LogP contribution in [0, 0.1) is 0 Å². The highest BCUT2D eigenvalue weighted by Gasteiger charge is 2.16. The van der Waals surface area contributed by atoms with Gasteiger partial charge in [0.25, 0.3) is 10.0 Å². The molecule has 0 radical (unpaired) electrons. The summed E-state index contributed by atoms with van der Waals surface area (Å²) in [5.74, 6) is 0.656. The maximum Gasteiger partial charge on any atom is 0.257 e. The zero-order valence-electron chi connectivity index (χ0n) is 10.4. The Morgan fingerprint density at radius 3 is 2.58 bits per heavy atom. The van der Waals surface area contributed by atoms with E-state index in [0.29, 0.717) is 12.2 Å². The summed E-state index contributed by atoms with van der Waals surface area (Å²) >= 11 is 3.33. The van der Waals surface area contributed by atoms with Gasteiger partial charge in [-0.2, -0.15) is 0 Å². The quantitative estimate of drug-likeness (QED) is 0.873. The first kappa shape index (κ1) is 14.2. The number of aromatic nitrogens is 2. The first-order valence-corrected chi connectivity index (χ1v) is 8.07. The monoisotopic (exact) mass is 343 g/mol. The van der Waals surface area contributed by atoms with Gasteiger partial charge in [-0.05, 0) is 17.7 Å². The number of sulfonamides is 1. The van der Waals surface area contributed by atoms with E-state index < -0.39 is 10.0 Å². The number of hydrogen-bond acceptors (Lipinski definition) is 3. The van der Waals surface area contributed by atoms with Gasteiger partial charge in [-0.3, -0.25) is 0 Å². The van der Waals surface area contributed by atoms with Gasteiger partial charge in [-0.25, -0.2) is 18.1 Å². The van der Waals surface area contributed by atoms with Gasteiger partial charge in [0.15, 0.2) is 5.03 Å². The maximum absolute atomic E-state index is 12.0. The Bertz CT molecular complexity index is 650. The molecular formula is C12H14BrN3O2S. The smallest absolute Gasteiger partial charge is 0.257 e. The predicted molar refractivity (Wildman–Crippen MR) is 76.1 cm³/mol. The first-order valence-electron chi connectivity index (χ1n) is 5.79. The van der Waals surface area contributed by atoms with Gasteiger partial charge in [-0.15, -0.1) is 0 Å². The minimum Gasteiger partial charge on any atom is -0.332 e. The molecule has 2 N–H and O–H groups in total. The molecule has 0 amide bonds. The Labute approximate surface area is 120 Å². The van der Waals surface area contributed by atoms with E-state index in [1.807, 2.05) is 31.2 Å². The average Bonchev–Trinajstić information content (AvgIpc) is 2.88. The van der Waals surface area contributed by atoms with Crippen LogP contribution in [0.5, 0.6) is 0 Å². The maximum atomic E-state index is 12.0. The Balaban J connectivity index is 2.07. The molecule has 1 aromatic carbocycles. The summed E-state index contributed by atoms with van der Waals surface area (Å²) in [6, 6.07) is 7.46. The topological polar surface area (TPSA) is 74.8 Å². The van der Waals surface area contributed by atoms with E-state index in [0.717, 1.165) is 10.0 Å². The van der Waals surface area contributed by atoms with Gasteiger partial charge in [0.1, 0.15) is 5.82 Å². The third-order valence-corrected chi connectivity index (χ3v) is 4.45. The molecule has 0 atom stereocenters. The number of hydrogen-bond donors (Lipinski definition) is 2. The Kier molecular flexibility index (Phi) is 4.38. The Morgan fingerprint density at radius 1 is 1.32 bits per heavy atom. The van der Waals surface area contributed by atoms with Crippen LogP contribution in [0.3, 0.4) is 0 Å². The van der Waals surface area contributed by atoms with E-state index >= 15 is 0 Å². The second-order valence-electron chi connectivity index (χ2n) is 4.00. The summed E-state index contributed by atoms with van der Waals surface area (Å²) in [6.45, 7) is 2.15. The number of aryl methyl sites for hydroxylation is 1. The van der Waals surface area contributed by atoms with Gasteiger partial charge < -0.3 is 4.98 Å². The molecule has 0 spiro atoms. The van der Waals surface area contributed by atoms with Crippen LogP contribution in [0.25, 0.3) is 0 Å². The van der Waals surface area contributed by atoms with Crippen LogP contribution in [-0.4, -0.2) is 18.4 Å². The lowest BCUT2D eigenvalue weighted by Gasteiger charge is -2.05. The van der Waals surface area contributed by atoms with E-state index in [1.165, 1.54) is 6.20 Å².